The van der Waals surface area contributed by atoms with E-state index in [4.69, 9.17) is 27.9 Å². The molecule has 3 aromatic carbocycles. The molecule has 0 aliphatic rings. The lowest BCUT2D eigenvalue weighted by molar-refractivity contribution is -0.141. The molecule has 0 saturated heterocycles. The molecule has 0 atom stereocenters. The van der Waals surface area contributed by atoms with Crippen LogP contribution in [-0.2, 0) is 17.6 Å². The molecule has 5 nitrogen and oxygen atoms in total. The summed E-state index contributed by atoms with van der Waals surface area (Å²) in [6.07, 6.45) is -4.05. The van der Waals surface area contributed by atoms with E-state index in [2.05, 4.69) is 10.4 Å². The first-order valence-corrected chi connectivity index (χ1v) is 10.7. The lowest BCUT2D eigenvalue weighted by Gasteiger charge is -2.12. The summed E-state index contributed by atoms with van der Waals surface area (Å²) in [6.45, 7) is -0.206. The Morgan fingerprint density at radius 3 is 2.23 bits per heavy atom. The van der Waals surface area contributed by atoms with Crippen LogP contribution in [0.2, 0.25) is 10.0 Å². The van der Waals surface area contributed by atoms with Gasteiger partial charge in [-0.3, -0.25) is 4.79 Å². The van der Waals surface area contributed by atoms with Gasteiger partial charge in [0.2, 0.25) is 6.41 Å². The number of hydrogen-bond donors (Lipinski definition) is 1. The summed E-state index contributed by atoms with van der Waals surface area (Å²) in [4.78, 5) is 10.7. The molecule has 0 radical (unpaired) electrons. The van der Waals surface area contributed by atoms with Gasteiger partial charge in [-0.05, 0) is 53.6 Å². The number of ether oxygens (including phenoxy) is 1. The Bertz CT molecular complexity index is 1300. The maximum atomic E-state index is 13.3. The normalized spacial score (nSPS) is 11.0. The van der Waals surface area contributed by atoms with E-state index in [0.29, 0.717) is 17.8 Å². The van der Waals surface area contributed by atoms with Crippen molar-refractivity contribution in [1.82, 2.24) is 9.78 Å². The fourth-order valence-corrected chi connectivity index (χ4v) is 3.86. The van der Waals surface area contributed by atoms with Crippen LogP contribution in [0.1, 0.15) is 18.8 Å². The van der Waals surface area contributed by atoms with Crippen molar-refractivity contribution in [1.29, 1.82) is 0 Å². The van der Waals surface area contributed by atoms with E-state index in [9.17, 15) is 18.0 Å². The van der Waals surface area contributed by atoms with Gasteiger partial charge in [0.25, 0.3) is 0 Å². The van der Waals surface area contributed by atoms with Crippen LogP contribution in [0, 0.1) is 0 Å². The summed E-state index contributed by atoms with van der Waals surface area (Å²) >= 11 is 12.4. The standard InChI is InChI=1S/C24H16Cl2F3N3O2.CH4/c25-20-5-2-6-21(26)23(20)32-18(12-22(31-32)24(27,28)29)13-34-19-9-7-15(8-10-19)16-3-1-4-17(11-16)30-14-33;/h1-12,14H,13H2,(H,30,33);1H4. The minimum absolute atomic E-state index is 0. The van der Waals surface area contributed by atoms with Gasteiger partial charge in [-0.2, -0.15) is 18.3 Å². The first-order valence-electron chi connectivity index (χ1n) is 9.90. The number of amides is 1. The molecule has 0 aliphatic heterocycles. The Morgan fingerprint density at radius 2 is 1.60 bits per heavy atom. The molecule has 0 spiro atoms. The summed E-state index contributed by atoms with van der Waals surface area (Å²) < 4.78 is 46.8. The fraction of sp³-hybridized carbons (Fsp3) is 0.120. The molecule has 1 amide bonds. The van der Waals surface area contributed by atoms with E-state index >= 15 is 0 Å². The summed E-state index contributed by atoms with van der Waals surface area (Å²) in [7, 11) is 0. The predicted octanol–water partition coefficient (Wildman–Crippen LogP) is 7.65. The zero-order chi connectivity index (χ0) is 24.3. The summed E-state index contributed by atoms with van der Waals surface area (Å²) in [5.41, 5.74) is 1.58. The molecule has 0 bridgehead atoms. The number of alkyl halides is 3. The molecule has 0 aliphatic carbocycles. The molecule has 4 aromatic rings. The maximum Gasteiger partial charge on any atom is 0.435 e. The molecule has 0 saturated carbocycles. The van der Waals surface area contributed by atoms with Crippen molar-refractivity contribution >= 4 is 35.3 Å². The van der Waals surface area contributed by atoms with Gasteiger partial charge in [0, 0.05) is 5.69 Å². The number of para-hydroxylation sites is 1. The molecule has 0 unspecified atom stereocenters. The highest BCUT2D eigenvalue weighted by molar-refractivity contribution is 6.37. The smallest absolute Gasteiger partial charge is 0.435 e. The highest BCUT2D eigenvalue weighted by atomic mass is 35.5. The largest absolute Gasteiger partial charge is 0.487 e. The maximum absolute atomic E-state index is 13.3. The van der Waals surface area contributed by atoms with Gasteiger partial charge in [0.15, 0.2) is 5.69 Å². The molecule has 10 heteroatoms. The Labute approximate surface area is 210 Å². The molecule has 1 heterocycles. The average molecular weight is 522 g/mol. The Kier molecular flexibility index (Phi) is 8.09. The van der Waals surface area contributed by atoms with E-state index in [1.807, 2.05) is 18.2 Å². The first-order chi connectivity index (χ1) is 16.3. The minimum atomic E-state index is -4.65. The third-order valence-corrected chi connectivity index (χ3v) is 5.50. The van der Waals surface area contributed by atoms with Crippen molar-refractivity contribution in [3.8, 4) is 22.6 Å². The number of nitrogens with one attached hydrogen (secondary N) is 1. The van der Waals surface area contributed by atoms with Crippen LogP contribution in [0.25, 0.3) is 16.8 Å². The first kappa shape index (κ1) is 26.1. The molecule has 1 aromatic heterocycles. The summed E-state index contributed by atoms with van der Waals surface area (Å²) in [5, 5.41) is 6.58. The number of nitrogens with zero attached hydrogens (tertiary/aromatic N) is 2. The zero-order valence-electron chi connectivity index (χ0n) is 17.3. The van der Waals surface area contributed by atoms with Crippen LogP contribution in [-0.4, -0.2) is 16.2 Å². The number of anilines is 1. The van der Waals surface area contributed by atoms with E-state index in [1.165, 1.54) is 12.1 Å². The number of halogens is 5. The summed E-state index contributed by atoms with van der Waals surface area (Å²) in [6, 6.07) is 19.8. The van der Waals surface area contributed by atoms with Crippen molar-refractivity contribution in [3.63, 3.8) is 0 Å². The number of hydrogen-bond acceptors (Lipinski definition) is 3. The second-order valence-corrected chi connectivity index (χ2v) is 7.97. The minimum Gasteiger partial charge on any atom is -0.487 e. The SMILES string of the molecule is C.O=CNc1cccc(-c2ccc(OCc3cc(C(F)(F)F)nn3-c3c(Cl)cccc3Cl)cc2)c1. The highest BCUT2D eigenvalue weighted by Crippen LogP contribution is 2.34. The van der Waals surface area contributed by atoms with Crippen LogP contribution in [0.5, 0.6) is 5.75 Å². The number of aromatic nitrogens is 2. The van der Waals surface area contributed by atoms with Crippen molar-refractivity contribution in [3.05, 3.63) is 94.2 Å². The Balaban J connectivity index is 0.00000342. The van der Waals surface area contributed by atoms with Crippen molar-refractivity contribution in [2.75, 3.05) is 5.32 Å². The quantitative estimate of drug-likeness (QED) is 0.254. The number of benzene rings is 3. The van der Waals surface area contributed by atoms with Crippen LogP contribution in [0.15, 0.2) is 72.8 Å². The Morgan fingerprint density at radius 1 is 0.943 bits per heavy atom. The van der Waals surface area contributed by atoms with E-state index < -0.39 is 11.9 Å². The Hall–Kier alpha value is -3.49. The second kappa shape index (κ2) is 10.8. The van der Waals surface area contributed by atoms with Gasteiger partial charge in [-0.1, -0.05) is 61.0 Å². The van der Waals surface area contributed by atoms with Gasteiger partial charge in [0.1, 0.15) is 18.0 Å². The van der Waals surface area contributed by atoms with Crippen LogP contribution >= 0.6 is 23.2 Å². The molecule has 0 fully saturated rings. The van der Waals surface area contributed by atoms with Crippen LogP contribution < -0.4 is 10.1 Å². The van der Waals surface area contributed by atoms with Crippen molar-refractivity contribution < 1.29 is 22.7 Å². The van der Waals surface area contributed by atoms with Gasteiger partial charge in [-0.25, -0.2) is 4.68 Å². The fourth-order valence-electron chi connectivity index (χ4n) is 3.30. The third-order valence-electron chi connectivity index (χ3n) is 4.89. The van der Waals surface area contributed by atoms with Crippen molar-refractivity contribution in [2.24, 2.45) is 0 Å². The molecule has 35 heavy (non-hydrogen) atoms. The summed E-state index contributed by atoms with van der Waals surface area (Å²) in [5.74, 6) is 0.442. The number of carbonyl (C=O) groups is 1. The average Bonchev–Trinajstić information content (AvgIpc) is 3.23. The van der Waals surface area contributed by atoms with E-state index in [1.54, 1.807) is 36.4 Å². The van der Waals surface area contributed by atoms with Gasteiger partial charge in [0.05, 0.1) is 15.7 Å². The number of rotatable bonds is 7. The van der Waals surface area contributed by atoms with E-state index in [-0.39, 0.29) is 35.5 Å². The van der Waals surface area contributed by atoms with Gasteiger partial charge < -0.3 is 10.1 Å². The van der Waals surface area contributed by atoms with Crippen LogP contribution in [0.4, 0.5) is 18.9 Å². The second-order valence-electron chi connectivity index (χ2n) is 7.16. The van der Waals surface area contributed by atoms with Crippen LogP contribution in [0.3, 0.4) is 0 Å². The monoisotopic (exact) mass is 521 g/mol. The highest BCUT2D eigenvalue weighted by Gasteiger charge is 2.35. The van der Waals surface area contributed by atoms with Crippen molar-refractivity contribution in [2.45, 2.75) is 20.2 Å². The topological polar surface area (TPSA) is 56.1 Å². The molecular weight excluding hydrogens is 502 g/mol. The van der Waals surface area contributed by atoms with Gasteiger partial charge in [-0.15, -0.1) is 0 Å². The lowest BCUT2D eigenvalue weighted by atomic mass is 10.1. The van der Waals surface area contributed by atoms with Gasteiger partial charge >= 0.3 is 6.18 Å². The molecule has 4 rings (SSSR count). The molecule has 182 valence electrons. The van der Waals surface area contributed by atoms with E-state index in [0.717, 1.165) is 21.9 Å². The lowest BCUT2D eigenvalue weighted by Crippen LogP contribution is -2.09. The predicted molar refractivity (Wildman–Crippen MR) is 131 cm³/mol. The number of carbonyl (C=O) groups excluding carboxylic acids is 1. The molecular formula is C25H20Cl2F3N3O2. The zero-order valence-corrected chi connectivity index (χ0v) is 18.8. The third kappa shape index (κ3) is 5.96. The molecule has 1 N–H and O–H groups in total.